The third-order valence-corrected chi connectivity index (χ3v) is 11.8. The van der Waals surface area contributed by atoms with Gasteiger partial charge in [0, 0.05) is 29.3 Å². The first-order chi connectivity index (χ1) is 13.8. The van der Waals surface area contributed by atoms with E-state index in [4.69, 9.17) is 26.1 Å². The van der Waals surface area contributed by atoms with Gasteiger partial charge < -0.3 is 19.2 Å². The molecule has 0 bridgehead atoms. The minimum absolute atomic E-state index is 0.00554. The molecule has 0 unspecified atom stereocenters. The minimum atomic E-state index is -1.96. The van der Waals surface area contributed by atoms with E-state index in [0.717, 1.165) is 21.9 Å². The molecule has 168 valence electrons. The van der Waals surface area contributed by atoms with Crippen LogP contribution in [0.2, 0.25) is 18.1 Å². The number of ether oxygens (including phenoxy) is 2. The van der Waals surface area contributed by atoms with E-state index >= 15 is 0 Å². The molecule has 1 aliphatic rings. The molecule has 0 aromatic heterocycles. The number of nitrogens with one attached hydrogen (secondary N) is 1. The molecule has 0 spiro atoms. The Kier molecular flexibility index (Phi) is 7.75. The Morgan fingerprint density at radius 1 is 1.20 bits per heavy atom. The molecule has 0 aliphatic carbocycles. The van der Waals surface area contributed by atoms with Crippen LogP contribution in [0.4, 0.5) is 0 Å². The second-order valence-electron chi connectivity index (χ2n) is 9.75. The van der Waals surface area contributed by atoms with E-state index in [1.54, 1.807) is 14.2 Å². The molecule has 4 atom stereocenters. The normalized spacial score (nSPS) is 21.3. The summed E-state index contributed by atoms with van der Waals surface area (Å²) in [5.74, 6) is 1.44. The lowest BCUT2D eigenvalue weighted by atomic mass is 9.77. The van der Waals surface area contributed by atoms with E-state index in [0.29, 0.717) is 6.42 Å². The fraction of sp³-hybridized carbons (Fsp3) is 0.652. The van der Waals surface area contributed by atoms with Crippen LogP contribution in [0.3, 0.4) is 0 Å². The number of methoxy groups -OCH3 is 2. The van der Waals surface area contributed by atoms with Crippen molar-refractivity contribution in [2.45, 2.75) is 71.3 Å². The van der Waals surface area contributed by atoms with Gasteiger partial charge in [0.05, 0.1) is 26.2 Å². The summed E-state index contributed by atoms with van der Waals surface area (Å²) in [5.41, 5.74) is 1.02. The fourth-order valence-electron chi connectivity index (χ4n) is 3.62. The van der Waals surface area contributed by atoms with Gasteiger partial charge in [0.25, 0.3) is 0 Å². The second kappa shape index (κ2) is 9.36. The van der Waals surface area contributed by atoms with Crippen LogP contribution < -0.4 is 14.8 Å². The van der Waals surface area contributed by atoms with E-state index in [9.17, 15) is 4.79 Å². The first-order valence-electron chi connectivity index (χ1n) is 10.5. The van der Waals surface area contributed by atoms with Crippen LogP contribution in [0, 0.1) is 11.8 Å². The Hall–Kier alpha value is -1.44. The summed E-state index contributed by atoms with van der Waals surface area (Å²) in [6, 6.07) is 5.75. The fourth-order valence-corrected chi connectivity index (χ4v) is 5.35. The SMILES string of the molecule is COc1ccc(CC(=S)[C@H](C)[C@H]2NC(=O)[C@@H]2[C@@H](C)O[Si](C)(C)C(C)(C)C)c(OC)c1. The summed E-state index contributed by atoms with van der Waals surface area (Å²) < 4.78 is 17.3. The summed E-state index contributed by atoms with van der Waals surface area (Å²) in [4.78, 5) is 13.3. The molecule has 5 nitrogen and oxygen atoms in total. The summed E-state index contributed by atoms with van der Waals surface area (Å²) in [6.45, 7) is 15.2. The van der Waals surface area contributed by atoms with Crippen molar-refractivity contribution < 1.29 is 18.7 Å². The molecule has 1 heterocycles. The van der Waals surface area contributed by atoms with Crippen molar-refractivity contribution in [3.05, 3.63) is 23.8 Å². The third-order valence-electron chi connectivity index (χ3n) is 6.70. The molecule has 2 rings (SSSR count). The quantitative estimate of drug-likeness (QED) is 0.333. The van der Waals surface area contributed by atoms with Crippen LogP contribution >= 0.6 is 12.2 Å². The molecule has 1 amide bonds. The highest BCUT2D eigenvalue weighted by Gasteiger charge is 2.49. The molecule has 0 radical (unpaired) electrons. The Balaban J connectivity index is 2.10. The largest absolute Gasteiger partial charge is 0.497 e. The number of carbonyl (C=O) groups excluding carboxylic acids is 1. The van der Waals surface area contributed by atoms with Gasteiger partial charge in [0.1, 0.15) is 11.5 Å². The van der Waals surface area contributed by atoms with E-state index in [1.807, 2.05) is 25.1 Å². The van der Waals surface area contributed by atoms with Gasteiger partial charge in [-0.25, -0.2) is 0 Å². The van der Waals surface area contributed by atoms with Crippen LogP contribution in [0.15, 0.2) is 18.2 Å². The van der Waals surface area contributed by atoms with Gasteiger partial charge in [0.15, 0.2) is 8.32 Å². The maximum Gasteiger partial charge on any atom is 0.228 e. The highest BCUT2D eigenvalue weighted by Crippen LogP contribution is 2.40. The minimum Gasteiger partial charge on any atom is -0.497 e. The van der Waals surface area contributed by atoms with Crippen molar-refractivity contribution in [1.29, 1.82) is 0 Å². The molecule has 1 saturated heterocycles. The zero-order valence-electron chi connectivity index (χ0n) is 19.8. The zero-order valence-corrected chi connectivity index (χ0v) is 21.6. The van der Waals surface area contributed by atoms with Gasteiger partial charge in [0.2, 0.25) is 5.91 Å². The first-order valence-corrected chi connectivity index (χ1v) is 13.9. The van der Waals surface area contributed by atoms with Crippen LogP contribution in [0.1, 0.15) is 40.2 Å². The van der Waals surface area contributed by atoms with E-state index in [1.165, 1.54) is 0 Å². The summed E-state index contributed by atoms with van der Waals surface area (Å²) in [7, 11) is 1.32. The Bertz CT molecular complexity index is 790. The molecule has 0 saturated carbocycles. The molecule has 7 heteroatoms. The van der Waals surface area contributed by atoms with Gasteiger partial charge in [-0.15, -0.1) is 0 Å². The average molecular weight is 452 g/mol. The number of rotatable bonds is 9. The molecule has 30 heavy (non-hydrogen) atoms. The molecular formula is C23H37NO4SSi. The number of amides is 1. The maximum absolute atomic E-state index is 12.4. The summed E-state index contributed by atoms with van der Waals surface area (Å²) in [5, 5.41) is 3.17. The molecule has 1 fully saturated rings. The Morgan fingerprint density at radius 3 is 2.33 bits per heavy atom. The summed E-state index contributed by atoms with van der Waals surface area (Å²) in [6.07, 6.45) is 0.477. The van der Waals surface area contributed by atoms with Crippen molar-refractivity contribution in [1.82, 2.24) is 5.32 Å². The van der Waals surface area contributed by atoms with Gasteiger partial charge in [-0.2, -0.15) is 0 Å². The number of β-lactam (4-membered cyclic amide) rings is 1. The topological polar surface area (TPSA) is 56.8 Å². The lowest BCUT2D eigenvalue weighted by molar-refractivity contribution is -0.140. The lowest BCUT2D eigenvalue weighted by Crippen LogP contribution is -2.66. The number of thiocarbonyl (C=S) groups is 1. The first kappa shape index (κ1) is 24.8. The van der Waals surface area contributed by atoms with Crippen molar-refractivity contribution >= 4 is 31.3 Å². The van der Waals surface area contributed by atoms with E-state index in [-0.39, 0.29) is 34.9 Å². The number of hydrogen-bond acceptors (Lipinski definition) is 5. The average Bonchev–Trinajstić information content (AvgIpc) is 2.64. The predicted octanol–water partition coefficient (Wildman–Crippen LogP) is 4.78. The maximum atomic E-state index is 12.4. The third kappa shape index (κ3) is 5.24. The number of benzene rings is 1. The van der Waals surface area contributed by atoms with E-state index < -0.39 is 8.32 Å². The van der Waals surface area contributed by atoms with Crippen LogP contribution in [0.5, 0.6) is 11.5 Å². The van der Waals surface area contributed by atoms with Crippen molar-refractivity contribution in [2.24, 2.45) is 11.8 Å². The zero-order chi connectivity index (χ0) is 22.9. The smallest absolute Gasteiger partial charge is 0.228 e. The van der Waals surface area contributed by atoms with Gasteiger partial charge in [-0.1, -0.05) is 46.0 Å². The van der Waals surface area contributed by atoms with E-state index in [2.05, 4.69) is 46.1 Å². The van der Waals surface area contributed by atoms with Crippen LogP contribution in [0.25, 0.3) is 0 Å². The van der Waals surface area contributed by atoms with Crippen LogP contribution in [-0.2, 0) is 15.6 Å². The molecule has 1 N–H and O–H groups in total. The molecular weight excluding hydrogens is 414 g/mol. The van der Waals surface area contributed by atoms with Crippen molar-refractivity contribution in [2.75, 3.05) is 14.2 Å². The summed E-state index contributed by atoms with van der Waals surface area (Å²) >= 11 is 5.78. The standard InChI is InChI=1S/C23H37NO4SSi/c1-14(19(29)12-16-10-11-17(26-6)13-18(16)27-7)21-20(22(25)24-21)15(2)28-30(8,9)23(3,4)5/h10-11,13-15,20-21H,12H2,1-9H3,(H,24,25)/t14-,15+,20+,21+/m0/s1. The van der Waals surface area contributed by atoms with Crippen molar-refractivity contribution in [3.8, 4) is 11.5 Å². The van der Waals surface area contributed by atoms with Gasteiger partial charge >= 0.3 is 0 Å². The molecule has 1 aromatic rings. The monoisotopic (exact) mass is 451 g/mol. The lowest BCUT2D eigenvalue weighted by Gasteiger charge is -2.47. The molecule has 1 aromatic carbocycles. The van der Waals surface area contributed by atoms with Gasteiger partial charge in [-0.3, -0.25) is 4.79 Å². The Labute approximate surface area is 188 Å². The highest BCUT2D eigenvalue weighted by atomic mass is 32.1. The number of carbonyl (C=O) groups is 1. The van der Waals surface area contributed by atoms with Gasteiger partial charge in [-0.05, 0) is 36.7 Å². The Morgan fingerprint density at radius 2 is 1.83 bits per heavy atom. The predicted molar refractivity (Wildman–Crippen MR) is 128 cm³/mol. The highest BCUT2D eigenvalue weighted by molar-refractivity contribution is 7.80. The second-order valence-corrected chi connectivity index (χ2v) is 15.0. The van der Waals surface area contributed by atoms with Crippen LogP contribution in [-0.4, -0.2) is 45.5 Å². The number of hydrogen-bond donors (Lipinski definition) is 1. The molecule has 1 aliphatic heterocycles. The van der Waals surface area contributed by atoms with Crippen molar-refractivity contribution in [3.63, 3.8) is 0 Å².